The Bertz CT molecular complexity index is 277. The first-order valence-electron chi connectivity index (χ1n) is 4.35. The molecule has 1 N–H and O–H groups in total. The van der Waals surface area contributed by atoms with Crippen LogP contribution >= 0.6 is 0 Å². The number of aliphatic hydroxyl groups excluding tert-OH is 1. The maximum Gasteiger partial charge on any atom is 0.125 e. The molecule has 0 aromatic heterocycles. The normalized spacial score (nSPS) is 15.0. The van der Waals surface area contributed by atoms with Crippen molar-refractivity contribution in [2.75, 3.05) is 0 Å². The molecule has 2 heteroatoms. The average Bonchev–Trinajstić information content (AvgIpc) is 2.17. The summed E-state index contributed by atoms with van der Waals surface area (Å²) in [5.74, 6) is -0.345. The van der Waals surface area contributed by atoms with E-state index in [0.717, 1.165) is 17.4 Å². The summed E-state index contributed by atoms with van der Waals surface area (Å²) < 4.78 is 0. The third kappa shape index (κ3) is 2.39. The van der Waals surface area contributed by atoms with E-state index < -0.39 is 6.10 Å². The van der Waals surface area contributed by atoms with E-state index >= 15 is 0 Å². The molecule has 0 radical (unpaired) electrons. The van der Waals surface area contributed by atoms with E-state index in [1.54, 1.807) is 6.92 Å². The van der Waals surface area contributed by atoms with Gasteiger partial charge in [-0.2, -0.15) is 0 Å². The Kier molecular flexibility index (Phi) is 3.20. The van der Waals surface area contributed by atoms with E-state index in [4.69, 9.17) is 0 Å². The van der Waals surface area contributed by atoms with E-state index in [1.165, 1.54) is 0 Å². The van der Waals surface area contributed by atoms with E-state index in [-0.39, 0.29) is 5.92 Å². The highest BCUT2D eigenvalue weighted by atomic mass is 16.3. The van der Waals surface area contributed by atoms with Gasteiger partial charge in [0, 0.05) is 5.92 Å². The lowest BCUT2D eigenvalue weighted by molar-refractivity contribution is -0.113. The Balaban J connectivity index is 2.82. The molecule has 0 fully saturated rings. The molecule has 0 aliphatic carbocycles. The molecule has 0 heterocycles. The predicted octanol–water partition coefficient (Wildman–Crippen LogP) is 1.86. The van der Waals surface area contributed by atoms with Gasteiger partial charge in [-0.05, 0) is 12.5 Å². The number of aldehydes is 1. The molecule has 13 heavy (non-hydrogen) atoms. The maximum absolute atomic E-state index is 10.4. The second-order valence-electron chi connectivity index (χ2n) is 3.35. The molecule has 0 unspecified atom stereocenters. The smallest absolute Gasteiger partial charge is 0.125 e. The molecule has 70 valence electrons. The Morgan fingerprint density at radius 3 is 2.31 bits per heavy atom. The van der Waals surface area contributed by atoms with Crippen molar-refractivity contribution in [1.82, 2.24) is 0 Å². The molecule has 1 aromatic rings. The molecule has 0 spiro atoms. The molecule has 0 aliphatic rings. The zero-order valence-corrected chi connectivity index (χ0v) is 7.90. The number of benzene rings is 1. The summed E-state index contributed by atoms with van der Waals surface area (Å²) in [5.41, 5.74) is 1.94. The Morgan fingerprint density at radius 1 is 1.31 bits per heavy atom. The van der Waals surface area contributed by atoms with Crippen molar-refractivity contribution in [2.24, 2.45) is 5.92 Å². The van der Waals surface area contributed by atoms with Gasteiger partial charge in [0.2, 0.25) is 0 Å². The monoisotopic (exact) mass is 178 g/mol. The SMILES string of the molecule is Cc1ccc([C@H](O)[C@H](C)C=O)cc1. The van der Waals surface area contributed by atoms with E-state index in [1.807, 2.05) is 31.2 Å². The number of aliphatic hydroxyl groups is 1. The standard InChI is InChI=1S/C11H14O2/c1-8-3-5-10(6-4-8)11(13)9(2)7-12/h3-7,9,11,13H,1-2H3/t9-,11-/m1/s1. The van der Waals surface area contributed by atoms with E-state index in [0.29, 0.717) is 0 Å². The van der Waals surface area contributed by atoms with Crippen LogP contribution in [0.4, 0.5) is 0 Å². The quantitative estimate of drug-likeness (QED) is 0.717. The van der Waals surface area contributed by atoms with Gasteiger partial charge in [0.25, 0.3) is 0 Å². The molecule has 0 saturated carbocycles. The van der Waals surface area contributed by atoms with E-state index in [9.17, 15) is 9.90 Å². The molecular formula is C11H14O2. The second-order valence-corrected chi connectivity index (χ2v) is 3.35. The van der Waals surface area contributed by atoms with Crippen molar-refractivity contribution in [3.05, 3.63) is 35.4 Å². The summed E-state index contributed by atoms with van der Waals surface area (Å²) in [6.45, 7) is 3.69. The fraction of sp³-hybridized carbons (Fsp3) is 0.364. The van der Waals surface area contributed by atoms with Crippen LogP contribution in [0.25, 0.3) is 0 Å². The van der Waals surface area contributed by atoms with Crippen LogP contribution < -0.4 is 0 Å². The van der Waals surface area contributed by atoms with Crippen molar-refractivity contribution in [3.63, 3.8) is 0 Å². The third-order valence-corrected chi connectivity index (χ3v) is 2.13. The zero-order chi connectivity index (χ0) is 9.84. The number of hydrogen-bond acceptors (Lipinski definition) is 2. The first-order valence-corrected chi connectivity index (χ1v) is 4.35. The summed E-state index contributed by atoms with van der Waals surface area (Å²) in [6, 6.07) is 7.55. The van der Waals surface area contributed by atoms with Gasteiger partial charge in [0.05, 0.1) is 6.10 Å². The lowest BCUT2D eigenvalue weighted by Gasteiger charge is -2.13. The summed E-state index contributed by atoms with van der Waals surface area (Å²) in [4.78, 5) is 10.4. The summed E-state index contributed by atoms with van der Waals surface area (Å²) in [7, 11) is 0. The Hall–Kier alpha value is -1.15. The van der Waals surface area contributed by atoms with Crippen LogP contribution in [-0.4, -0.2) is 11.4 Å². The number of carbonyl (C=O) groups is 1. The molecule has 1 aromatic carbocycles. The van der Waals surface area contributed by atoms with Crippen molar-refractivity contribution in [3.8, 4) is 0 Å². The van der Waals surface area contributed by atoms with Crippen molar-refractivity contribution in [1.29, 1.82) is 0 Å². The molecule has 1 rings (SSSR count). The molecular weight excluding hydrogens is 164 g/mol. The lowest BCUT2D eigenvalue weighted by Crippen LogP contribution is -2.09. The minimum absolute atomic E-state index is 0.345. The first-order chi connectivity index (χ1) is 6.15. The summed E-state index contributed by atoms with van der Waals surface area (Å²) in [5, 5.41) is 9.65. The van der Waals surface area contributed by atoms with E-state index in [2.05, 4.69) is 0 Å². The molecule has 2 nitrogen and oxygen atoms in total. The van der Waals surface area contributed by atoms with Crippen molar-refractivity contribution >= 4 is 6.29 Å². The lowest BCUT2D eigenvalue weighted by atomic mass is 9.98. The van der Waals surface area contributed by atoms with Gasteiger partial charge < -0.3 is 9.90 Å². The number of carbonyl (C=O) groups excluding carboxylic acids is 1. The number of rotatable bonds is 3. The van der Waals surface area contributed by atoms with Crippen molar-refractivity contribution < 1.29 is 9.90 Å². The summed E-state index contributed by atoms with van der Waals surface area (Å²) >= 11 is 0. The average molecular weight is 178 g/mol. The van der Waals surface area contributed by atoms with Crippen LogP contribution in [0.5, 0.6) is 0 Å². The fourth-order valence-corrected chi connectivity index (χ4v) is 1.14. The highest BCUT2D eigenvalue weighted by Crippen LogP contribution is 2.20. The molecule has 0 bridgehead atoms. The van der Waals surface area contributed by atoms with Crippen LogP contribution in [-0.2, 0) is 4.79 Å². The highest BCUT2D eigenvalue weighted by Gasteiger charge is 2.14. The van der Waals surface area contributed by atoms with Crippen LogP contribution in [0, 0.1) is 12.8 Å². The Labute approximate surface area is 78.2 Å². The van der Waals surface area contributed by atoms with Crippen molar-refractivity contribution in [2.45, 2.75) is 20.0 Å². The van der Waals surface area contributed by atoms with Crippen LogP contribution in [0.15, 0.2) is 24.3 Å². The van der Waals surface area contributed by atoms with Gasteiger partial charge in [0.1, 0.15) is 6.29 Å². The van der Waals surface area contributed by atoms with Gasteiger partial charge in [-0.3, -0.25) is 0 Å². The van der Waals surface area contributed by atoms with Crippen LogP contribution in [0.1, 0.15) is 24.2 Å². The maximum atomic E-state index is 10.4. The fourth-order valence-electron chi connectivity index (χ4n) is 1.14. The predicted molar refractivity (Wildman–Crippen MR) is 51.4 cm³/mol. The second kappa shape index (κ2) is 4.19. The third-order valence-electron chi connectivity index (χ3n) is 2.13. The largest absolute Gasteiger partial charge is 0.388 e. The molecule has 0 aliphatic heterocycles. The number of hydrogen-bond donors (Lipinski definition) is 1. The molecule has 2 atom stereocenters. The van der Waals surface area contributed by atoms with Gasteiger partial charge in [0.15, 0.2) is 0 Å². The Morgan fingerprint density at radius 2 is 1.85 bits per heavy atom. The van der Waals surface area contributed by atoms with Gasteiger partial charge in [-0.25, -0.2) is 0 Å². The minimum atomic E-state index is -0.682. The first kappa shape index (κ1) is 9.93. The van der Waals surface area contributed by atoms with Gasteiger partial charge >= 0.3 is 0 Å². The summed E-state index contributed by atoms with van der Waals surface area (Å²) in [6.07, 6.45) is 0.0861. The zero-order valence-electron chi connectivity index (χ0n) is 7.90. The highest BCUT2D eigenvalue weighted by molar-refractivity contribution is 5.54. The molecule has 0 saturated heterocycles. The molecule has 0 amide bonds. The van der Waals surface area contributed by atoms with Crippen LogP contribution in [0.2, 0.25) is 0 Å². The minimum Gasteiger partial charge on any atom is -0.388 e. The van der Waals surface area contributed by atoms with Gasteiger partial charge in [-0.1, -0.05) is 36.8 Å². The van der Waals surface area contributed by atoms with Crippen LogP contribution in [0.3, 0.4) is 0 Å². The van der Waals surface area contributed by atoms with Gasteiger partial charge in [-0.15, -0.1) is 0 Å². The topological polar surface area (TPSA) is 37.3 Å². The number of aryl methyl sites for hydroxylation is 1.